The normalized spacial score (nSPS) is 24.2. The third-order valence-electron chi connectivity index (χ3n) is 6.46. The number of aliphatic hydroxyl groups is 1. The van der Waals surface area contributed by atoms with Crippen LogP contribution in [0.25, 0.3) is 6.08 Å². The fraction of sp³-hybridized carbons (Fsp3) is 0.667. The molecule has 28 heavy (non-hydrogen) atoms. The van der Waals surface area contributed by atoms with E-state index in [2.05, 4.69) is 71.9 Å². The first-order valence-electron chi connectivity index (χ1n) is 11.1. The number of rotatable bonds is 7. The number of nitrogens with zero attached hydrogens (tertiary/aromatic N) is 3. The van der Waals surface area contributed by atoms with Crippen molar-refractivity contribution in [1.29, 1.82) is 0 Å². The first-order valence-corrected chi connectivity index (χ1v) is 11.1. The van der Waals surface area contributed by atoms with Gasteiger partial charge in [0.15, 0.2) is 0 Å². The molecular weight excluding hydrogens is 346 g/mol. The zero-order valence-electron chi connectivity index (χ0n) is 18.1. The minimum absolute atomic E-state index is 0.290. The molecule has 4 heteroatoms. The predicted octanol–water partition coefficient (Wildman–Crippen LogP) is 3.33. The molecule has 1 aromatic carbocycles. The van der Waals surface area contributed by atoms with Gasteiger partial charge in [0.05, 0.1) is 0 Å². The van der Waals surface area contributed by atoms with E-state index in [1.54, 1.807) is 0 Å². The molecule has 2 heterocycles. The monoisotopic (exact) mass is 385 g/mol. The minimum atomic E-state index is 0.290. The van der Waals surface area contributed by atoms with E-state index < -0.39 is 0 Å². The maximum Gasteiger partial charge on any atom is 0.0446 e. The summed E-state index contributed by atoms with van der Waals surface area (Å²) in [7, 11) is 0. The molecule has 0 bridgehead atoms. The van der Waals surface area contributed by atoms with Gasteiger partial charge in [0.1, 0.15) is 0 Å². The fourth-order valence-corrected chi connectivity index (χ4v) is 4.93. The quantitative estimate of drug-likeness (QED) is 0.780. The molecule has 3 rings (SSSR count). The van der Waals surface area contributed by atoms with Gasteiger partial charge >= 0.3 is 0 Å². The Hall–Kier alpha value is -1.20. The molecular formula is C24H39N3O. The van der Waals surface area contributed by atoms with Gasteiger partial charge in [-0.15, -0.1) is 0 Å². The Balaban J connectivity index is 1.56. The highest BCUT2D eigenvalue weighted by molar-refractivity contribution is 5.52. The Morgan fingerprint density at radius 2 is 1.82 bits per heavy atom. The van der Waals surface area contributed by atoms with E-state index in [0.717, 1.165) is 32.6 Å². The summed E-state index contributed by atoms with van der Waals surface area (Å²) in [5, 5.41) is 9.65. The summed E-state index contributed by atoms with van der Waals surface area (Å²) < 4.78 is 0. The Labute approximate surface area is 171 Å². The summed E-state index contributed by atoms with van der Waals surface area (Å²) in [6.07, 6.45) is 5.73. The SMILES string of the molecule is CC(=Cc1ccccc1)CN1CCN(C2CCN(C(C)C)CC2)C(CCO)C1. The molecule has 0 spiro atoms. The standard InChI is InChI=1S/C24H39N3O/c1-20(2)26-12-9-23(10-13-26)27-15-14-25(19-24(27)11-16-28)18-21(3)17-22-7-5-4-6-8-22/h4-8,17,20,23-24,28H,9-16,18-19H2,1-3H3. The van der Waals surface area contributed by atoms with Crippen molar-refractivity contribution in [2.75, 3.05) is 45.9 Å². The molecule has 0 saturated carbocycles. The number of aliphatic hydroxyl groups excluding tert-OH is 1. The van der Waals surface area contributed by atoms with Crippen molar-refractivity contribution in [3.63, 3.8) is 0 Å². The summed E-state index contributed by atoms with van der Waals surface area (Å²) in [4.78, 5) is 7.90. The van der Waals surface area contributed by atoms with Crippen LogP contribution in [0.3, 0.4) is 0 Å². The molecule has 2 saturated heterocycles. The van der Waals surface area contributed by atoms with Crippen molar-refractivity contribution in [1.82, 2.24) is 14.7 Å². The Morgan fingerprint density at radius 3 is 2.46 bits per heavy atom. The lowest BCUT2D eigenvalue weighted by atomic mass is 9.97. The van der Waals surface area contributed by atoms with Crippen LogP contribution >= 0.6 is 0 Å². The van der Waals surface area contributed by atoms with E-state index in [1.807, 2.05) is 0 Å². The van der Waals surface area contributed by atoms with Gasteiger partial charge in [-0.05, 0) is 58.7 Å². The molecule has 0 aliphatic carbocycles. The van der Waals surface area contributed by atoms with Gasteiger partial charge in [0, 0.05) is 50.9 Å². The first kappa shape index (κ1) is 21.5. The topological polar surface area (TPSA) is 30.0 Å². The van der Waals surface area contributed by atoms with Gasteiger partial charge in [-0.3, -0.25) is 9.80 Å². The number of piperidine rings is 1. The molecule has 1 unspecified atom stereocenters. The third kappa shape index (κ3) is 5.90. The van der Waals surface area contributed by atoms with Gasteiger partial charge < -0.3 is 10.0 Å². The van der Waals surface area contributed by atoms with Crippen molar-refractivity contribution in [2.24, 2.45) is 0 Å². The van der Waals surface area contributed by atoms with Crippen molar-refractivity contribution < 1.29 is 5.11 Å². The second-order valence-corrected chi connectivity index (χ2v) is 8.90. The summed E-state index contributed by atoms with van der Waals surface area (Å²) in [5.74, 6) is 0. The van der Waals surface area contributed by atoms with Crippen LogP contribution in [0.4, 0.5) is 0 Å². The number of piperazine rings is 1. The predicted molar refractivity (Wildman–Crippen MR) is 118 cm³/mol. The molecule has 0 amide bonds. The van der Waals surface area contributed by atoms with Crippen molar-refractivity contribution in [3.8, 4) is 0 Å². The van der Waals surface area contributed by atoms with Crippen molar-refractivity contribution >= 4 is 6.08 Å². The van der Waals surface area contributed by atoms with E-state index >= 15 is 0 Å². The fourth-order valence-electron chi connectivity index (χ4n) is 4.93. The maximum atomic E-state index is 9.65. The average Bonchev–Trinajstić information content (AvgIpc) is 2.69. The highest BCUT2D eigenvalue weighted by Gasteiger charge is 2.33. The molecule has 0 radical (unpaired) electrons. The van der Waals surface area contributed by atoms with Crippen LogP contribution in [0.15, 0.2) is 35.9 Å². The molecule has 1 N–H and O–H groups in total. The average molecular weight is 386 g/mol. The van der Waals surface area contributed by atoms with Crippen LogP contribution in [-0.4, -0.2) is 83.8 Å². The van der Waals surface area contributed by atoms with Gasteiger partial charge in [0.2, 0.25) is 0 Å². The smallest absolute Gasteiger partial charge is 0.0446 e. The summed E-state index contributed by atoms with van der Waals surface area (Å²) in [5.41, 5.74) is 2.69. The molecule has 2 fully saturated rings. The zero-order chi connectivity index (χ0) is 19.9. The summed E-state index contributed by atoms with van der Waals surface area (Å²) in [6.45, 7) is 13.9. The van der Waals surface area contributed by atoms with E-state index in [1.165, 1.54) is 37.1 Å². The van der Waals surface area contributed by atoms with Crippen LogP contribution in [0.5, 0.6) is 0 Å². The van der Waals surface area contributed by atoms with Crippen LogP contribution in [0, 0.1) is 0 Å². The lowest BCUT2D eigenvalue weighted by Crippen LogP contribution is -2.59. The molecule has 156 valence electrons. The zero-order valence-corrected chi connectivity index (χ0v) is 18.1. The van der Waals surface area contributed by atoms with Crippen molar-refractivity contribution in [2.45, 2.75) is 58.2 Å². The van der Waals surface area contributed by atoms with Gasteiger partial charge in [0.25, 0.3) is 0 Å². The summed E-state index contributed by atoms with van der Waals surface area (Å²) >= 11 is 0. The lowest BCUT2D eigenvalue weighted by Gasteiger charge is -2.48. The second-order valence-electron chi connectivity index (χ2n) is 8.90. The van der Waals surface area contributed by atoms with Crippen LogP contribution < -0.4 is 0 Å². The Kier molecular flexibility index (Phi) is 8.10. The Bertz CT molecular complexity index is 608. The van der Waals surface area contributed by atoms with E-state index in [4.69, 9.17) is 0 Å². The van der Waals surface area contributed by atoms with Crippen molar-refractivity contribution in [3.05, 3.63) is 41.5 Å². The molecule has 2 aliphatic heterocycles. The van der Waals surface area contributed by atoms with Gasteiger partial charge in [-0.25, -0.2) is 0 Å². The lowest BCUT2D eigenvalue weighted by molar-refractivity contribution is 0.00490. The minimum Gasteiger partial charge on any atom is -0.396 e. The number of hydrogen-bond acceptors (Lipinski definition) is 4. The highest BCUT2D eigenvalue weighted by Crippen LogP contribution is 2.24. The molecule has 1 aromatic rings. The molecule has 1 atom stereocenters. The third-order valence-corrected chi connectivity index (χ3v) is 6.46. The Morgan fingerprint density at radius 1 is 1.11 bits per heavy atom. The highest BCUT2D eigenvalue weighted by atomic mass is 16.3. The molecule has 0 aromatic heterocycles. The van der Waals surface area contributed by atoms with E-state index in [0.29, 0.717) is 24.7 Å². The van der Waals surface area contributed by atoms with Gasteiger partial charge in [-0.2, -0.15) is 0 Å². The number of hydrogen-bond donors (Lipinski definition) is 1. The largest absolute Gasteiger partial charge is 0.396 e. The van der Waals surface area contributed by atoms with E-state index in [-0.39, 0.29) is 0 Å². The van der Waals surface area contributed by atoms with Crippen LogP contribution in [-0.2, 0) is 0 Å². The van der Waals surface area contributed by atoms with E-state index in [9.17, 15) is 5.11 Å². The van der Waals surface area contributed by atoms with Crippen LogP contribution in [0.2, 0.25) is 0 Å². The summed E-state index contributed by atoms with van der Waals surface area (Å²) in [6, 6.07) is 12.4. The van der Waals surface area contributed by atoms with Crippen LogP contribution in [0.1, 0.15) is 45.6 Å². The number of likely N-dealkylation sites (tertiary alicyclic amines) is 1. The first-order chi connectivity index (χ1) is 13.6. The van der Waals surface area contributed by atoms with Gasteiger partial charge in [-0.1, -0.05) is 42.0 Å². The number of benzene rings is 1. The molecule has 4 nitrogen and oxygen atoms in total. The molecule has 2 aliphatic rings. The maximum absolute atomic E-state index is 9.65. The second kappa shape index (κ2) is 10.5.